The third kappa shape index (κ3) is 4.00. The highest BCUT2D eigenvalue weighted by Gasteiger charge is 2.21. The minimum Gasteiger partial charge on any atom is -0.461 e. The third-order valence-electron chi connectivity index (χ3n) is 5.47. The Labute approximate surface area is 188 Å². The molecule has 0 N–H and O–H groups in total. The summed E-state index contributed by atoms with van der Waals surface area (Å²) in [5.41, 5.74) is 1.23. The standard InChI is InChI=1S/C21H24N6O2S2/c1-4-27-18(15-6-5-9-29-15)24-25-21(27)31-20-17-13(2)14(3)30-19(17)22-16(23-20)12-26-7-10-28-11-8-26/h5-6,9H,4,7-8,10-12H2,1-3H3. The highest BCUT2D eigenvalue weighted by molar-refractivity contribution is 7.99. The summed E-state index contributed by atoms with van der Waals surface area (Å²) in [6, 6.07) is 3.76. The largest absolute Gasteiger partial charge is 0.461 e. The van der Waals surface area contributed by atoms with Gasteiger partial charge in [0.25, 0.3) is 0 Å². The van der Waals surface area contributed by atoms with Gasteiger partial charge in [0.2, 0.25) is 0 Å². The Kier molecular flexibility index (Phi) is 5.79. The van der Waals surface area contributed by atoms with Crippen LogP contribution in [0, 0.1) is 13.8 Å². The molecule has 0 atom stereocenters. The van der Waals surface area contributed by atoms with E-state index >= 15 is 0 Å². The van der Waals surface area contributed by atoms with Gasteiger partial charge in [-0.1, -0.05) is 0 Å². The first-order valence-corrected chi connectivity index (χ1v) is 12.0. The smallest absolute Gasteiger partial charge is 0.200 e. The fraction of sp³-hybridized carbons (Fsp3) is 0.429. The summed E-state index contributed by atoms with van der Waals surface area (Å²) in [4.78, 5) is 14.5. The molecule has 0 spiro atoms. The van der Waals surface area contributed by atoms with Crippen LogP contribution >= 0.6 is 23.1 Å². The second-order valence-corrected chi connectivity index (χ2v) is 9.59. The quantitative estimate of drug-likeness (QED) is 0.400. The van der Waals surface area contributed by atoms with Gasteiger partial charge in [-0.15, -0.1) is 21.5 Å². The van der Waals surface area contributed by atoms with Crippen molar-refractivity contribution in [3.05, 3.63) is 34.7 Å². The highest BCUT2D eigenvalue weighted by Crippen LogP contribution is 2.38. The van der Waals surface area contributed by atoms with Crippen LogP contribution in [-0.4, -0.2) is 55.9 Å². The lowest BCUT2D eigenvalue weighted by Crippen LogP contribution is -2.36. The molecule has 1 fully saturated rings. The minimum atomic E-state index is 0.713. The van der Waals surface area contributed by atoms with Crippen molar-refractivity contribution in [3.63, 3.8) is 0 Å². The van der Waals surface area contributed by atoms with E-state index in [-0.39, 0.29) is 0 Å². The number of hydrogen-bond donors (Lipinski definition) is 0. The Balaban J connectivity index is 1.54. The number of furan rings is 1. The third-order valence-corrected chi connectivity index (χ3v) is 7.55. The molecule has 0 bridgehead atoms. The fourth-order valence-electron chi connectivity index (χ4n) is 3.68. The van der Waals surface area contributed by atoms with Gasteiger partial charge < -0.3 is 9.15 Å². The number of thiophene rings is 1. The van der Waals surface area contributed by atoms with E-state index in [2.05, 4.69) is 40.4 Å². The Morgan fingerprint density at radius 2 is 2.00 bits per heavy atom. The molecular weight excluding hydrogens is 432 g/mol. The molecule has 0 radical (unpaired) electrons. The van der Waals surface area contributed by atoms with E-state index in [0.29, 0.717) is 5.76 Å². The van der Waals surface area contributed by atoms with Gasteiger partial charge in [0.05, 0.1) is 26.0 Å². The number of ether oxygens (including phenoxy) is 1. The Morgan fingerprint density at radius 3 is 2.74 bits per heavy atom. The molecule has 0 aromatic carbocycles. The molecule has 5 rings (SSSR count). The van der Waals surface area contributed by atoms with Gasteiger partial charge in [0.1, 0.15) is 15.7 Å². The van der Waals surface area contributed by atoms with Crippen LogP contribution in [0.4, 0.5) is 0 Å². The first kappa shape index (κ1) is 20.6. The molecular formula is C21H24N6O2S2. The second kappa shape index (κ2) is 8.70. The Morgan fingerprint density at radius 1 is 1.16 bits per heavy atom. The molecule has 5 heterocycles. The summed E-state index contributed by atoms with van der Waals surface area (Å²) in [5, 5.41) is 11.7. The number of fused-ring (bicyclic) bond motifs is 1. The average molecular weight is 457 g/mol. The number of rotatable bonds is 6. The maximum absolute atomic E-state index is 5.55. The van der Waals surface area contributed by atoms with Crippen molar-refractivity contribution in [2.75, 3.05) is 26.3 Å². The van der Waals surface area contributed by atoms with Crippen LogP contribution in [0.5, 0.6) is 0 Å². The molecule has 0 unspecified atom stereocenters. The van der Waals surface area contributed by atoms with Crippen LogP contribution in [0.15, 0.2) is 33.0 Å². The zero-order valence-electron chi connectivity index (χ0n) is 17.8. The van der Waals surface area contributed by atoms with Gasteiger partial charge in [0, 0.05) is 29.9 Å². The normalized spacial score (nSPS) is 15.2. The maximum atomic E-state index is 5.55. The molecule has 0 amide bonds. The molecule has 4 aromatic rings. The molecule has 1 aliphatic rings. The minimum absolute atomic E-state index is 0.713. The van der Waals surface area contributed by atoms with Gasteiger partial charge >= 0.3 is 0 Å². The van der Waals surface area contributed by atoms with Gasteiger partial charge in [-0.3, -0.25) is 9.47 Å². The zero-order valence-corrected chi connectivity index (χ0v) is 19.4. The predicted molar refractivity (Wildman–Crippen MR) is 121 cm³/mol. The van der Waals surface area contributed by atoms with Gasteiger partial charge in [0.15, 0.2) is 16.7 Å². The van der Waals surface area contributed by atoms with Crippen LogP contribution in [0.3, 0.4) is 0 Å². The van der Waals surface area contributed by atoms with E-state index in [9.17, 15) is 0 Å². The van der Waals surface area contributed by atoms with E-state index in [1.165, 1.54) is 10.4 Å². The number of aryl methyl sites for hydroxylation is 2. The average Bonchev–Trinajstić information content (AvgIpc) is 3.49. The molecule has 31 heavy (non-hydrogen) atoms. The molecule has 0 saturated carbocycles. The fourth-order valence-corrected chi connectivity index (χ4v) is 5.88. The van der Waals surface area contributed by atoms with Crippen molar-refractivity contribution in [1.29, 1.82) is 0 Å². The molecule has 1 aliphatic heterocycles. The van der Waals surface area contributed by atoms with E-state index in [0.717, 1.165) is 71.4 Å². The van der Waals surface area contributed by atoms with E-state index in [1.54, 1.807) is 29.4 Å². The lowest BCUT2D eigenvalue weighted by atomic mass is 10.2. The second-order valence-electron chi connectivity index (χ2n) is 7.43. The highest BCUT2D eigenvalue weighted by atomic mass is 32.2. The Bertz CT molecular complexity index is 1190. The zero-order chi connectivity index (χ0) is 21.4. The number of nitrogens with zero attached hydrogens (tertiary/aromatic N) is 6. The van der Waals surface area contributed by atoms with Crippen molar-refractivity contribution in [3.8, 4) is 11.6 Å². The molecule has 4 aromatic heterocycles. The SMILES string of the molecule is CCn1c(Sc2nc(CN3CCOCC3)nc3sc(C)c(C)c23)nnc1-c1ccco1. The maximum Gasteiger partial charge on any atom is 0.200 e. The van der Waals surface area contributed by atoms with Crippen molar-refractivity contribution < 1.29 is 9.15 Å². The molecule has 1 saturated heterocycles. The summed E-state index contributed by atoms with van der Waals surface area (Å²) in [5.74, 6) is 2.28. The number of morpholine rings is 1. The monoisotopic (exact) mass is 456 g/mol. The Hall–Kier alpha value is -2.27. The van der Waals surface area contributed by atoms with E-state index < -0.39 is 0 Å². The van der Waals surface area contributed by atoms with Crippen LogP contribution in [-0.2, 0) is 17.8 Å². The van der Waals surface area contributed by atoms with Gasteiger partial charge in [-0.25, -0.2) is 9.97 Å². The number of aromatic nitrogens is 5. The first-order valence-electron chi connectivity index (χ1n) is 10.4. The van der Waals surface area contributed by atoms with Crippen LogP contribution in [0.2, 0.25) is 0 Å². The predicted octanol–water partition coefficient (Wildman–Crippen LogP) is 4.16. The van der Waals surface area contributed by atoms with Crippen molar-refractivity contribution in [2.45, 2.75) is 44.0 Å². The van der Waals surface area contributed by atoms with Gasteiger partial charge in [-0.05, 0) is 50.2 Å². The van der Waals surface area contributed by atoms with E-state index in [4.69, 9.17) is 19.1 Å². The van der Waals surface area contributed by atoms with E-state index in [1.807, 2.05) is 12.1 Å². The van der Waals surface area contributed by atoms with Gasteiger partial charge in [-0.2, -0.15) is 0 Å². The lowest BCUT2D eigenvalue weighted by molar-refractivity contribution is 0.0330. The van der Waals surface area contributed by atoms with Crippen LogP contribution in [0.25, 0.3) is 21.8 Å². The van der Waals surface area contributed by atoms with Crippen molar-refractivity contribution in [1.82, 2.24) is 29.6 Å². The summed E-state index contributed by atoms with van der Waals surface area (Å²) in [6.07, 6.45) is 1.65. The summed E-state index contributed by atoms with van der Waals surface area (Å²) >= 11 is 3.28. The van der Waals surface area contributed by atoms with Crippen LogP contribution < -0.4 is 0 Å². The summed E-state index contributed by atoms with van der Waals surface area (Å²) < 4.78 is 13.1. The molecule has 0 aliphatic carbocycles. The summed E-state index contributed by atoms with van der Waals surface area (Å²) in [7, 11) is 0. The lowest BCUT2D eigenvalue weighted by Gasteiger charge is -2.25. The summed E-state index contributed by atoms with van der Waals surface area (Å²) in [6.45, 7) is 11.2. The van der Waals surface area contributed by atoms with Crippen LogP contribution in [0.1, 0.15) is 23.2 Å². The first-order chi connectivity index (χ1) is 15.1. The molecule has 10 heteroatoms. The molecule has 8 nitrogen and oxygen atoms in total. The van der Waals surface area contributed by atoms with Crippen molar-refractivity contribution >= 4 is 33.3 Å². The topological polar surface area (TPSA) is 82.1 Å². The van der Waals surface area contributed by atoms with Crippen molar-refractivity contribution in [2.24, 2.45) is 0 Å². The number of hydrogen-bond acceptors (Lipinski definition) is 9. The molecule has 162 valence electrons.